The maximum Gasteiger partial charge on any atom is 0.343 e. The number of aromatic nitrogens is 2. The number of anilines is 1. The summed E-state index contributed by atoms with van der Waals surface area (Å²) in [6, 6.07) is 8.65. The molecular weight excluding hydrogens is 380 g/mol. The summed E-state index contributed by atoms with van der Waals surface area (Å²) in [5.74, 6) is 0.419. The normalized spacial score (nSPS) is 13.2. The summed E-state index contributed by atoms with van der Waals surface area (Å²) in [7, 11) is 1.67. The van der Waals surface area contributed by atoms with Gasteiger partial charge in [0.05, 0.1) is 19.3 Å². The maximum absolute atomic E-state index is 12.6. The third kappa shape index (κ3) is 5.92. The minimum atomic E-state index is -0.504. The Bertz CT molecular complexity index is 843. The number of carbonyl (C=O) groups is 2. The number of nitrogens with one attached hydrogen (secondary N) is 2. The molecule has 0 saturated heterocycles. The lowest BCUT2D eigenvalue weighted by molar-refractivity contribution is -0.115. The van der Waals surface area contributed by atoms with Crippen LogP contribution < -0.4 is 10.6 Å². The fourth-order valence-corrected chi connectivity index (χ4v) is 3.33. The van der Waals surface area contributed by atoms with E-state index in [9.17, 15) is 9.59 Å². The SMILES string of the molecule is CCOC(=O)c1cnn(C)c1NC(=O)CNC(c1ccc(C(C)CC)cc1)C(C)C. The summed E-state index contributed by atoms with van der Waals surface area (Å²) in [5, 5.41) is 10.2. The first kappa shape index (κ1) is 23.6. The standard InChI is InChI=1S/C23H34N4O3/c1-7-16(5)17-9-11-18(12-10-17)21(15(3)4)24-14-20(28)26-22-19(13-25-27(22)6)23(29)30-8-2/h9-13,15-16,21,24H,7-8,14H2,1-6H3,(H,26,28). The molecule has 2 unspecified atom stereocenters. The van der Waals surface area contributed by atoms with E-state index in [0.29, 0.717) is 17.7 Å². The molecule has 2 aromatic rings. The van der Waals surface area contributed by atoms with Crippen LogP contribution in [0.2, 0.25) is 0 Å². The van der Waals surface area contributed by atoms with Gasteiger partial charge in [0.15, 0.2) is 0 Å². The molecule has 0 bridgehead atoms. The van der Waals surface area contributed by atoms with Gasteiger partial charge in [-0.25, -0.2) is 4.79 Å². The minimum absolute atomic E-state index is 0.0396. The second-order valence-electron chi connectivity index (χ2n) is 7.88. The first-order valence-corrected chi connectivity index (χ1v) is 10.6. The second kappa shape index (κ2) is 10.9. The molecule has 2 N–H and O–H groups in total. The van der Waals surface area contributed by atoms with Crippen molar-refractivity contribution < 1.29 is 14.3 Å². The Balaban J connectivity index is 2.05. The zero-order valence-corrected chi connectivity index (χ0v) is 18.9. The summed E-state index contributed by atoms with van der Waals surface area (Å²) in [4.78, 5) is 24.6. The fraction of sp³-hybridized carbons (Fsp3) is 0.522. The first-order chi connectivity index (χ1) is 14.3. The highest BCUT2D eigenvalue weighted by molar-refractivity contribution is 6.00. The highest BCUT2D eigenvalue weighted by Gasteiger charge is 2.21. The number of ether oxygens (including phenoxy) is 1. The molecule has 1 heterocycles. The zero-order chi connectivity index (χ0) is 22.3. The van der Waals surface area contributed by atoms with Crippen molar-refractivity contribution in [3.63, 3.8) is 0 Å². The van der Waals surface area contributed by atoms with E-state index in [1.54, 1.807) is 14.0 Å². The summed E-state index contributed by atoms with van der Waals surface area (Å²) in [6.07, 6.45) is 2.50. The van der Waals surface area contributed by atoms with E-state index in [2.05, 4.69) is 67.7 Å². The molecule has 1 aromatic carbocycles. The van der Waals surface area contributed by atoms with Crippen molar-refractivity contribution in [2.75, 3.05) is 18.5 Å². The van der Waals surface area contributed by atoms with Gasteiger partial charge in [-0.15, -0.1) is 0 Å². The van der Waals surface area contributed by atoms with Gasteiger partial charge in [0.2, 0.25) is 5.91 Å². The van der Waals surface area contributed by atoms with Gasteiger partial charge in [-0.2, -0.15) is 5.10 Å². The Kier molecular flexibility index (Phi) is 8.59. The number of carbonyl (C=O) groups excluding carboxylic acids is 2. The van der Waals surface area contributed by atoms with Gasteiger partial charge in [0, 0.05) is 13.1 Å². The molecule has 0 radical (unpaired) electrons. The van der Waals surface area contributed by atoms with Crippen LogP contribution in [-0.2, 0) is 16.6 Å². The summed E-state index contributed by atoms with van der Waals surface area (Å²) in [6.45, 7) is 10.8. The number of benzene rings is 1. The molecule has 164 valence electrons. The smallest absolute Gasteiger partial charge is 0.343 e. The molecule has 0 fully saturated rings. The van der Waals surface area contributed by atoms with Crippen LogP contribution in [0.1, 0.15) is 74.5 Å². The van der Waals surface area contributed by atoms with Crippen molar-refractivity contribution in [2.24, 2.45) is 13.0 Å². The molecule has 0 aliphatic carbocycles. The lowest BCUT2D eigenvalue weighted by Gasteiger charge is -2.23. The van der Waals surface area contributed by atoms with Crippen molar-refractivity contribution in [1.82, 2.24) is 15.1 Å². The van der Waals surface area contributed by atoms with Gasteiger partial charge in [0.1, 0.15) is 11.4 Å². The molecule has 7 nitrogen and oxygen atoms in total. The van der Waals surface area contributed by atoms with Crippen LogP contribution in [0.3, 0.4) is 0 Å². The minimum Gasteiger partial charge on any atom is -0.462 e. The fourth-order valence-electron chi connectivity index (χ4n) is 3.33. The summed E-state index contributed by atoms with van der Waals surface area (Å²) < 4.78 is 6.48. The van der Waals surface area contributed by atoms with E-state index in [0.717, 1.165) is 12.0 Å². The predicted molar refractivity (Wildman–Crippen MR) is 119 cm³/mol. The molecule has 0 spiro atoms. The molecule has 0 saturated carbocycles. The zero-order valence-electron chi connectivity index (χ0n) is 18.9. The lowest BCUT2D eigenvalue weighted by Crippen LogP contribution is -2.34. The third-order valence-corrected chi connectivity index (χ3v) is 5.32. The number of hydrogen-bond acceptors (Lipinski definition) is 5. The van der Waals surface area contributed by atoms with E-state index < -0.39 is 5.97 Å². The van der Waals surface area contributed by atoms with Gasteiger partial charge in [-0.1, -0.05) is 52.0 Å². The van der Waals surface area contributed by atoms with Crippen LogP contribution in [0.25, 0.3) is 0 Å². The van der Waals surface area contributed by atoms with E-state index in [1.165, 1.54) is 16.4 Å². The Morgan fingerprint density at radius 2 is 1.73 bits per heavy atom. The van der Waals surface area contributed by atoms with Crippen molar-refractivity contribution in [1.29, 1.82) is 0 Å². The van der Waals surface area contributed by atoms with Gasteiger partial charge < -0.3 is 15.4 Å². The van der Waals surface area contributed by atoms with E-state index in [1.807, 2.05) is 0 Å². The quantitative estimate of drug-likeness (QED) is 0.573. The molecule has 0 aliphatic rings. The topological polar surface area (TPSA) is 85.2 Å². The van der Waals surface area contributed by atoms with Crippen LogP contribution in [-0.4, -0.2) is 34.8 Å². The predicted octanol–water partition coefficient (Wildman–Crippen LogP) is 4.04. The van der Waals surface area contributed by atoms with Crippen LogP contribution in [0, 0.1) is 5.92 Å². The number of amides is 1. The Morgan fingerprint density at radius 3 is 2.30 bits per heavy atom. The van der Waals surface area contributed by atoms with Crippen molar-refractivity contribution in [3.8, 4) is 0 Å². The Morgan fingerprint density at radius 1 is 1.10 bits per heavy atom. The van der Waals surface area contributed by atoms with Crippen LogP contribution in [0.5, 0.6) is 0 Å². The maximum atomic E-state index is 12.6. The summed E-state index contributed by atoms with van der Waals surface area (Å²) >= 11 is 0. The molecule has 1 aromatic heterocycles. The first-order valence-electron chi connectivity index (χ1n) is 10.6. The number of nitrogens with zero attached hydrogens (tertiary/aromatic N) is 2. The molecule has 2 rings (SSSR count). The van der Waals surface area contributed by atoms with Gasteiger partial charge >= 0.3 is 5.97 Å². The van der Waals surface area contributed by atoms with Crippen molar-refractivity contribution >= 4 is 17.7 Å². The van der Waals surface area contributed by atoms with Crippen LogP contribution >= 0.6 is 0 Å². The monoisotopic (exact) mass is 414 g/mol. The highest BCUT2D eigenvalue weighted by Crippen LogP contribution is 2.25. The van der Waals surface area contributed by atoms with Gasteiger partial charge in [0.25, 0.3) is 0 Å². The average molecular weight is 415 g/mol. The van der Waals surface area contributed by atoms with E-state index >= 15 is 0 Å². The highest BCUT2D eigenvalue weighted by atomic mass is 16.5. The Hall–Kier alpha value is -2.67. The van der Waals surface area contributed by atoms with E-state index in [-0.39, 0.29) is 30.7 Å². The lowest BCUT2D eigenvalue weighted by atomic mass is 9.92. The van der Waals surface area contributed by atoms with Crippen LogP contribution in [0.15, 0.2) is 30.5 Å². The molecular formula is C23H34N4O3. The third-order valence-electron chi connectivity index (χ3n) is 5.32. The average Bonchev–Trinajstić information content (AvgIpc) is 3.08. The van der Waals surface area contributed by atoms with Crippen molar-refractivity contribution in [2.45, 2.75) is 53.0 Å². The second-order valence-corrected chi connectivity index (χ2v) is 7.88. The molecule has 1 amide bonds. The molecule has 7 heteroatoms. The Labute approximate surface area is 179 Å². The molecule has 30 heavy (non-hydrogen) atoms. The number of aryl methyl sites for hydroxylation is 1. The number of hydrogen-bond donors (Lipinski definition) is 2. The summed E-state index contributed by atoms with van der Waals surface area (Å²) in [5.41, 5.74) is 2.72. The number of esters is 1. The van der Waals surface area contributed by atoms with Gasteiger partial charge in [-0.05, 0) is 36.3 Å². The van der Waals surface area contributed by atoms with Crippen molar-refractivity contribution in [3.05, 3.63) is 47.2 Å². The van der Waals surface area contributed by atoms with E-state index in [4.69, 9.17) is 4.74 Å². The van der Waals surface area contributed by atoms with Crippen LogP contribution in [0.4, 0.5) is 5.82 Å². The largest absolute Gasteiger partial charge is 0.462 e. The molecule has 2 atom stereocenters. The van der Waals surface area contributed by atoms with Gasteiger partial charge in [-0.3, -0.25) is 9.48 Å². The molecule has 0 aliphatic heterocycles. The number of rotatable bonds is 10.